The number of nitrogens with zero attached hydrogens (tertiary/aromatic N) is 1. The Morgan fingerprint density at radius 2 is 1.88 bits per heavy atom. The van der Waals surface area contributed by atoms with E-state index in [-0.39, 0.29) is 5.91 Å². The van der Waals surface area contributed by atoms with Gasteiger partial charge in [-0.1, -0.05) is 35.9 Å². The summed E-state index contributed by atoms with van der Waals surface area (Å²) in [5.74, 6) is 1.13. The van der Waals surface area contributed by atoms with Crippen LogP contribution in [0, 0.1) is 6.92 Å². The van der Waals surface area contributed by atoms with Crippen molar-refractivity contribution in [3.05, 3.63) is 89.6 Å². The molecule has 0 atom stereocenters. The van der Waals surface area contributed by atoms with E-state index in [1.807, 2.05) is 67.6 Å². The molecule has 4 nitrogen and oxygen atoms in total. The minimum atomic E-state index is -0.0963. The Labute approximate surface area is 141 Å². The van der Waals surface area contributed by atoms with Crippen molar-refractivity contribution < 1.29 is 9.53 Å². The van der Waals surface area contributed by atoms with Crippen LogP contribution in [0.3, 0.4) is 0 Å². The number of aromatic nitrogens is 1. The number of hydrogen-bond donors (Lipinski definition) is 1. The Balaban J connectivity index is 1.63. The van der Waals surface area contributed by atoms with Gasteiger partial charge in [-0.15, -0.1) is 0 Å². The van der Waals surface area contributed by atoms with Gasteiger partial charge in [0.15, 0.2) is 0 Å². The molecule has 0 aliphatic heterocycles. The van der Waals surface area contributed by atoms with E-state index in [2.05, 4.69) is 10.3 Å². The summed E-state index contributed by atoms with van der Waals surface area (Å²) < 4.78 is 5.70. The first-order valence-electron chi connectivity index (χ1n) is 7.73. The lowest BCUT2D eigenvalue weighted by Crippen LogP contribution is -2.22. The number of ether oxygens (including phenoxy) is 1. The topological polar surface area (TPSA) is 51.2 Å². The van der Waals surface area contributed by atoms with Crippen LogP contribution in [0.25, 0.3) is 0 Å². The van der Waals surface area contributed by atoms with Crippen LogP contribution < -0.4 is 10.1 Å². The summed E-state index contributed by atoms with van der Waals surface area (Å²) in [5.41, 5.74) is 2.65. The van der Waals surface area contributed by atoms with Gasteiger partial charge in [-0.25, -0.2) is 4.98 Å². The van der Waals surface area contributed by atoms with Crippen molar-refractivity contribution in [2.45, 2.75) is 13.5 Å². The van der Waals surface area contributed by atoms with E-state index in [9.17, 15) is 4.79 Å². The molecule has 24 heavy (non-hydrogen) atoms. The molecule has 0 aliphatic carbocycles. The van der Waals surface area contributed by atoms with E-state index in [1.54, 1.807) is 12.3 Å². The Kier molecular flexibility index (Phi) is 4.87. The Morgan fingerprint density at radius 1 is 1.04 bits per heavy atom. The summed E-state index contributed by atoms with van der Waals surface area (Å²) in [6.07, 6.45) is 1.67. The number of carbonyl (C=O) groups is 1. The molecule has 0 spiro atoms. The summed E-state index contributed by atoms with van der Waals surface area (Å²) in [7, 11) is 0. The van der Waals surface area contributed by atoms with E-state index in [0.29, 0.717) is 18.0 Å². The van der Waals surface area contributed by atoms with Gasteiger partial charge in [0.25, 0.3) is 5.91 Å². The standard InChI is InChI=1S/C20H18N2O2/c1-15-6-5-7-17(12-15)20(23)22-14-16-10-11-21-19(13-16)24-18-8-3-2-4-9-18/h2-13H,14H2,1H3,(H,22,23). The highest BCUT2D eigenvalue weighted by molar-refractivity contribution is 5.94. The zero-order valence-corrected chi connectivity index (χ0v) is 13.4. The van der Waals surface area contributed by atoms with Gasteiger partial charge < -0.3 is 10.1 Å². The van der Waals surface area contributed by atoms with E-state index in [4.69, 9.17) is 4.74 Å². The summed E-state index contributed by atoms with van der Waals surface area (Å²) in [5, 5.41) is 2.91. The van der Waals surface area contributed by atoms with Gasteiger partial charge in [0.05, 0.1) is 0 Å². The quantitative estimate of drug-likeness (QED) is 0.770. The molecule has 0 fully saturated rings. The van der Waals surface area contributed by atoms with Crippen molar-refractivity contribution >= 4 is 5.91 Å². The van der Waals surface area contributed by atoms with Crippen LogP contribution in [0.1, 0.15) is 21.5 Å². The van der Waals surface area contributed by atoms with Gasteiger partial charge >= 0.3 is 0 Å². The van der Waals surface area contributed by atoms with E-state index in [0.717, 1.165) is 16.9 Å². The summed E-state index contributed by atoms with van der Waals surface area (Å²) in [6, 6.07) is 20.7. The van der Waals surface area contributed by atoms with Crippen LogP contribution in [-0.4, -0.2) is 10.9 Å². The molecule has 3 rings (SSSR count). The van der Waals surface area contributed by atoms with Gasteiger partial charge in [-0.05, 0) is 42.8 Å². The zero-order valence-electron chi connectivity index (χ0n) is 13.4. The summed E-state index contributed by atoms with van der Waals surface area (Å²) in [6.45, 7) is 2.38. The average Bonchev–Trinajstić information content (AvgIpc) is 2.61. The maximum absolute atomic E-state index is 12.2. The van der Waals surface area contributed by atoms with Gasteiger partial charge in [0, 0.05) is 24.4 Å². The Hall–Kier alpha value is -3.14. The number of benzene rings is 2. The SMILES string of the molecule is Cc1cccc(C(=O)NCc2ccnc(Oc3ccccc3)c2)c1. The molecule has 0 saturated carbocycles. The predicted molar refractivity (Wildman–Crippen MR) is 93.1 cm³/mol. The third-order valence-corrected chi connectivity index (χ3v) is 3.50. The van der Waals surface area contributed by atoms with Crippen molar-refractivity contribution in [1.82, 2.24) is 10.3 Å². The fourth-order valence-electron chi connectivity index (χ4n) is 2.30. The van der Waals surface area contributed by atoms with Crippen LogP contribution in [-0.2, 0) is 6.54 Å². The number of carbonyl (C=O) groups excluding carboxylic acids is 1. The predicted octanol–water partition coefficient (Wildman–Crippen LogP) is 4.11. The molecule has 0 bridgehead atoms. The number of para-hydroxylation sites is 1. The first-order chi connectivity index (χ1) is 11.7. The van der Waals surface area contributed by atoms with Crippen molar-refractivity contribution in [2.24, 2.45) is 0 Å². The van der Waals surface area contributed by atoms with E-state index in [1.165, 1.54) is 0 Å². The first kappa shape index (κ1) is 15.7. The molecule has 0 radical (unpaired) electrons. The molecule has 0 unspecified atom stereocenters. The maximum atomic E-state index is 12.2. The molecule has 1 aromatic heterocycles. The van der Waals surface area contributed by atoms with Crippen molar-refractivity contribution in [3.63, 3.8) is 0 Å². The van der Waals surface area contributed by atoms with E-state index < -0.39 is 0 Å². The molecule has 1 N–H and O–H groups in total. The van der Waals surface area contributed by atoms with Crippen LogP contribution in [0.2, 0.25) is 0 Å². The third-order valence-electron chi connectivity index (χ3n) is 3.50. The van der Waals surface area contributed by atoms with Gasteiger partial charge in [0.1, 0.15) is 5.75 Å². The van der Waals surface area contributed by atoms with Crippen LogP contribution in [0.15, 0.2) is 72.9 Å². The normalized spacial score (nSPS) is 10.2. The fraction of sp³-hybridized carbons (Fsp3) is 0.100. The largest absolute Gasteiger partial charge is 0.439 e. The first-order valence-corrected chi connectivity index (χ1v) is 7.73. The maximum Gasteiger partial charge on any atom is 0.251 e. The molecule has 0 aliphatic rings. The molecule has 2 aromatic carbocycles. The number of amides is 1. The second kappa shape index (κ2) is 7.42. The molecule has 1 amide bonds. The summed E-state index contributed by atoms with van der Waals surface area (Å²) in [4.78, 5) is 16.4. The van der Waals surface area contributed by atoms with Gasteiger partial charge in [-0.2, -0.15) is 0 Å². The van der Waals surface area contributed by atoms with Crippen LogP contribution >= 0.6 is 0 Å². The second-order valence-electron chi connectivity index (χ2n) is 5.47. The Bertz CT molecular complexity index is 832. The van der Waals surface area contributed by atoms with E-state index >= 15 is 0 Å². The average molecular weight is 318 g/mol. The molecule has 4 heteroatoms. The minimum Gasteiger partial charge on any atom is -0.439 e. The molecular formula is C20H18N2O2. The highest BCUT2D eigenvalue weighted by Crippen LogP contribution is 2.19. The lowest BCUT2D eigenvalue weighted by molar-refractivity contribution is 0.0950. The number of nitrogens with one attached hydrogen (secondary N) is 1. The van der Waals surface area contributed by atoms with Crippen LogP contribution in [0.5, 0.6) is 11.6 Å². The molecule has 0 saturated heterocycles. The molecule has 120 valence electrons. The lowest BCUT2D eigenvalue weighted by Gasteiger charge is -2.08. The number of pyridine rings is 1. The smallest absolute Gasteiger partial charge is 0.251 e. The number of hydrogen-bond acceptors (Lipinski definition) is 3. The van der Waals surface area contributed by atoms with Crippen molar-refractivity contribution in [3.8, 4) is 11.6 Å². The van der Waals surface area contributed by atoms with Crippen molar-refractivity contribution in [2.75, 3.05) is 0 Å². The zero-order chi connectivity index (χ0) is 16.8. The second-order valence-corrected chi connectivity index (χ2v) is 5.47. The van der Waals surface area contributed by atoms with Gasteiger partial charge in [0.2, 0.25) is 5.88 Å². The van der Waals surface area contributed by atoms with Gasteiger partial charge in [-0.3, -0.25) is 4.79 Å². The minimum absolute atomic E-state index is 0.0963. The Morgan fingerprint density at radius 3 is 2.67 bits per heavy atom. The molecule has 1 heterocycles. The number of aryl methyl sites for hydroxylation is 1. The third kappa shape index (κ3) is 4.20. The number of rotatable bonds is 5. The van der Waals surface area contributed by atoms with Crippen LogP contribution in [0.4, 0.5) is 0 Å². The fourth-order valence-corrected chi connectivity index (χ4v) is 2.30. The lowest BCUT2D eigenvalue weighted by atomic mass is 10.1. The highest BCUT2D eigenvalue weighted by Gasteiger charge is 2.06. The molecular weight excluding hydrogens is 300 g/mol. The summed E-state index contributed by atoms with van der Waals surface area (Å²) >= 11 is 0. The van der Waals surface area contributed by atoms with Crippen molar-refractivity contribution in [1.29, 1.82) is 0 Å². The monoisotopic (exact) mass is 318 g/mol. The highest BCUT2D eigenvalue weighted by atomic mass is 16.5. The molecule has 3 aromatic rings.